The van der Waals surface area contributed by atoms with E-state index in [2.05, 4.69) is 17.3 Å². The molecule has 3 atom stereocenters. The summed E-state index contributed by atoms with van der Waals surface area (Å²) in [6.07, 6.45) is 3.96. The standard InChI is InChI=1S/C10H18N2O/c1-7(13)11-6-8-5-9-3-4-10(8)12(9)2/h8-10H,3-6H2,1-2H3,(H,11,13)/t8-,9+,10-/m1/s1. The minimum Gasteiger partial charge on any atom is -0.356 e. The van der Waals surface area contributed by atoms with E-state index in [1.165, 1.54) is 19.3 Å². The summed E-state index contributed by atoms with van der Waals surface area (Å²) in [5.74, 6) is 0.804. The minimum absolute atomic E-state index is 0.102. The predicted octanol–water partition coefficient (Wildman–Crippen LogP) is 0.605. The summed E-state index contributed by atoms with van der Waals surface area (Å²) in [4.78, 5) is 13.3. The van der Waals surface area contributed by atoms with E-state index in [1.807, 2.05) is 0 Å². The van der Waals surface area contributed by atoms with Crippen molar-refractivity contribution in [3.8, 4) is 0 Å². The Hall–Kier alpha value is -0.570. The van der Waals surface area contributed by atoms with Crippen LogP contribution in [0.25, 0.3) is 0 Å². The second kappa shape index (κ2) is 3.29. The van der Waals surface area contributed by atoms with Crippen molar-refractivity contribution in [2.75, 3.05) is 13.6 Å². The molecule has 2 saturated heterocycles. The first kappa shape index (κ1) is 9.00. The van der Waals surface area contributed by atoms with Crippen molar-refractivity contribution in [3.05, 3.63) is 0 Å². The second-order valence-corrected chi connectivity index (χ2v) is 4.40. The van der Waals surface area contributed by atoms with E-state index < -0.39 is 0 Å². The summed E-state index contributed by atoms with van der Waals surface area (Å²) >= 11 is 0. The molecule has 2 bridgehead atoms. The van der Waals surface area contributed by atoms with Gasteiger partial charge in [0.25, 0.3) is 0 Å². The zero-order chi connectivity index (χ0) is 9.42. The van der Waals surface area contributed by atoms with E-state index in [0.29, 0.717) is 5.92 Å². The number of carbonyl (C=O) groups excluding carboxylic acids is 1. The van der Waals surface area contributed by atoms with Crippen LogP contribution in [0.1, 0.15) is 26.2 Å². The van der Waals surface area contributed by atoms with E-state index >= 15 is 0 Å². The van der Waals surface area contributed by atoms with Crippen LogP contribution in [0.2, 0.25) is 0 Å². The monoisotopic (exact) mass is 182 g/mol. The largest absolute Gasteiger partial charge is 0.356 e. The molecule has 0 saturated carbocycles. The Morgan fingerprint density at radius 1 is 1.54 bits per heavy atom. The fourth-order valence-electron chi connectivity index (χ4n) is 2.89. The van der Waals surface area contributed by atoms with Crippen LogP contribution in [0.15, 0.2) is 0 Å². The zero-order valence-electron chi connectivity index (χ0n) is 8.42. The molecule has 0 spiro atoms. The van der Waals surface area contributed by atoms with Crippen LogP contribution in [0.4, 0.5) is 0 Å². The van der Waals surface area contributed by atoms with E-state index in [1.54, 1.807) is 6.92 Å². The maximum atomic E-state index is 10.8. The van der Waals surface area contributed by atoms with Gasteiger partial charge in [-0.15, -0.1) is 0 Å². The van der Waals surface area contributed by atoms with Crippen LogP contribution >= 0.6 is 0 Å². The molecule has 0 aliphatic carbocycles. The van der Waals surface area contributed by atoms with Gasteiger partial charge in [-0.2, -0.15) is 0 Å². The first-order valence-electron chi connectivity index (χ1n) is 5.15. The van der Waals surface area contributed by atoms with Crippen molar-refractivity contribution in [2.24, 2.45) is 5.92 Å². The molecular weight excluding hydrogens is 164 g/mol. The molecule has 0 aromatic carbocycles. The lowest BCUT2D eigenvalue weighted by molar-refractivity contribution is -0.119. The van der Waals surface area contributed by atoms with Gasteiger partial charge in [0.2, 0.25) is 5.91 Å². The van der Waals surface area contributed by atoms with E-state index in [9.17, 15) is 4.79 Å². The van der Waals surface area contributed by atoms with E-state index in [0.717, 1.165) is 18.6 Å². The van der Waals surface area contributed by atoms with E-state index in [-0.39, 0.29) is 5.91 Å². The summed E-state index contributed by atoms with van der Waals surface area (Å²) in [5, 5.41) is 2.93. The van der Waals surface area contributed by atoms with Gasteiger partial charge in [-0.25, -0.2) is 0 Å². The number of carbonyl (C=O) groups is 1. The number of nitrogens with zero attached hydrogens (tertiary/aromatic N) is 1. The number of hydrogen-bond donors (Lipinski definition) is 1. The van der Waals surface area contributed by atoms with Crippen molar-refractivity contribution in [3.63, 3.8) is 0 Å². The Morgan fingerprint density at radius 2 is 2.31 bits per heavy atom. The fourth-order valence-corrected chi connectivity index (χ4v) is 2.89. The molecule has 0 aromatic heterocycles. The molecule has 3 heteroatoms. The predicted molar refractivity (Wildman–Crippen MR) is 51.4 cm³/mol. The molecule has 2 heterocycles. The van der Waals surface area contributed by atoms with Gasteiger partial charge < -0.3 is 10.2 Å². The van der Waals surface area contributed by atoms with Crippen molar-refractivity contribution in [1.29, 1.82) is 0 Å². The van der Waals surface area contributed by atoms with Gasteiger partial charge in [0.15, 0.2) is 0 Å². The van der Waals surface area contributed by atoms with Crippen molar-refractivity contribution >= 4 is 5.91 Å². The maximum Gasteiger partial charge on any atom is 0.216 e. The third-order valence-corrected chi connectivity index (χ3v) is 3.63. The highest BCUT2D eigenvalue weighted by Crippen LogP contribution is 2.39. The zero-order valence-corrected chi connectivity index (χ0v) is 8.42. The average Bonchev–Trinajstić information content (AvgIpc) is 2.58. The summed E-state index contributed by atoms with van der Waals surface area (Å²) in [6.45, 7) is 2.47. The number of hydrogen-bond acceptors (Lipinski definition) is 2. The molecule has 2 fully saturated rings. The number of fused-ring (bicyclic) bond motifs is 2. The molecule has 2 aliphatic heterocycles. The Morgan fingerprint density at radius 3 is 2.77 bits per heavy atom. The Labute approximate surface area is 79.5 Å². The van der Waals surface area contributed by atoms with Gasteiger partial charge in [-0.1, -0.05) is 0 Å². The molecule has 0 radical (unpaired) electrons. The Kier molecular flexibility index (Phi) is 2.28. The van der Waals surface area contributed by atoms with Crippen molar-refractivity contribution < 1.29 is 4.79 Å². The number of rotatable bonds is 2. The molecule has 13 heavy (non-hydrogen) atoms. The van der Waals surface area contributed by atoms with Crippen LogP contribution in [-0.4, -0.2) is 36.5 Å². The molecular formula is C10H18N2O. The minimum atomic E-state index is 0.102. The van der Waals surface area contributed by atoms with Crippen molar-refractivity contribution in [2.45, 2.75) is 38.3 Å². The highest BCUT2D eigenvalue weighted by molar-refractivity contribution is 5.72. The normalized spacial score (nSPS) is 38.2. The first-order valence-corrected chi connectivity index (χ1v) is 5.15. The first-order chi connectivity index (χ1) is 6.18. The lowest BCUT2D eigenvalue weighted by Gasteiger charge is -2.21. The molecule has 2 rings (SSSR count). The van der Waals surface area contributed by atoms with Gasteiger partial charge in [-0.05, 0) is 32.2 Å². The Bertz CT molecular complexity index is 217. The van der Waals surface area contributed by atoms with Crippen molar-refractivity contribution in [1.82, 2.24) is 10.2 Å². The summed E-state index contributed by atoms with van der Waals surface area (Å²) in [6, 6.07) is 1.53. The highest BCUT2D eigenvalue weighted by Gasteiger charge is 2.43. The van der Waals surface area contributed by atoms with Crippen LogP contribution in [0, 0.1) is 5.92 Å². The molecule has 2 aliphatic rings. The fraction of sp³-hybridized carbons (Fsp3) is 0.900. The lowest BCUT2D eigenvalue weighted by atomic mass is 9.89. The van der Waals surface area contributed by atoms with Gasteiger partial charge in [0, 0.05) is 25.6 Å². The van der Waals surface area contributed by atoms with Crippen LogP contribution in [0.5, 0.6) is 0 Å². The summed E-state index contributed by atoms with van der Waals surface area (Å²) in [5.41, 5.74) is 0. The quantitative estimate of drug-likeness (QED) is 0.678. The van der Waals surface area contributed by atoms with Gasteiger partial charge >= 0.3 is 0 Å². The third kappa shape index (κ3) is 1.57. The molecule has 3 nitrogen and oxygen atoms in total. The second-order valence-electron chi connectivity index (χ2n) is 4.40. The maximum absolute atomic E-state index is 10.8. The number of amides is 1. The SMILES string of the molecule is CC(=O)NC[C@H]1C[C@@H]2CC[C@H]1N2C. The molecule has 0 aromatic rings. The molecule has 74 valence electrons. The smallest absolute Gasteiger partial charge is 0.216 e. The van der Waals surface area contributed by atoms with Gasteiger partial charge in [0.1, 0.15) is 0 Å². The molecule has 0 unspecified atom stereocenters. The van der Waals surface area contributed by atoms with Gasteiger partial charge in [-0.3, -0.25) is 4.79 Å². The third-order valence-electron chi connectivity index (χ3n) is 3.63. The van der Waals surface area contributed by atoms with E-state index in [4.69, 9.17) is 0 Å². The summed E-state index contributed by atoms with van der Waals surface area (Å²) in [7, 11) is 2.22. The average molecular weight is 182 g/mol. The molecule has 1 amide bonds. The number of nitrogens with one attached hydrogen (secondary N) is 1. The van der Waals surface area contributed by atoms with Crippen LogP contribution in [-0.2, 0) is 4.79 Å². The topological polar surface area (TPSA) is 32.3 Å². The lowest BCUT2D eigenvalue weighted by Crippen LogP contribution is -2.34. The van der Waals surface area contributed by atoms with Crippen LogP contribution in [0.3, 0.4) is 0 Å². The van der Waals surface area contributed by atoms with Crippen LogP contribution < -0.4 is 5.32 Å². The molecule has 1 N–H and O–H groups in total. The Balaban J connectivity index is 1.86. The highest BCUT2D eigenvalue weighted by atomic mass is 16.1. The van der Waals surface area contributed by atoms with Gasteiger partial charge in [0.05, 0.1) is 0 Å². The summed E-state index contributed by atoms with van der Waals surface area (Å²) < 4.78 is 0.